The number of nitrogens with one attached hydrogen (secondary N) is 2. The molecule has 142 valence electrons. The first-order chi connectivity index (χ1) is 13.0. The molecule has 0 atom stereocenters. The van der Waals surface area contributed by atoms with Gasteiger partial charge in [-0.1, -0.05) is 68.4 Å². The predicted molar refractivity (Wildman–Crippen MR) is 116 cm³/mol. The number of carbonyl (C=O) groups excluding carboxylic acids is 1. The molecule has 1 saturated heterocycles. The molecule has 1 amide bonds. The van der Waals surface area contributed by atoms with E-state index < -0.39 is 8.07 Å². The zero-order chi connectivity index (χ0) is 18.9. The largest absolute Gasteiger partial charge is 0.348 e. The Kier molecular flexibility index (Phi) is 5.19. The highest BCUT2D eigenvalue weighted by Gasteiger charge is 2.25. The lowest BCUT2D eigenvalue weighted by molar-refractivity contribution is 0.0928. The SMILES string of the molecule is C[Si]1(C)CCCC(NC(=O)c2cc3sc(-c4ccccc4)nc3[nH]2)CCC1. The van der Waals surface area contributed by atoms with Crippen molar-refractivity contribution in [2.24, 2.45) is 0 Å². The highest BCUT2D eigenvalue weighted by molar-refractivity contribution is 7.21. The standard InChI is InChI=1S/C21H27N3OSSi/c1-27(2)12-6-10-16(11-7-13-27)22-20(25)17-14-18-19(23-17)24-21(26-18)15-8-4-3-5-9-15/h3-5,8-9,14,16,23H,6-7,10-13H2,1-2H3,(H,22,25). The molecule has 1 aromatic carbocycles. The van der Waals surface area contributed by atoms with Gasteiger partial charge in [0.2, 0.25) is 0 Å². The van der Waals surface area contributed by atoms with Crippen LogP contribution in [-0.4, -0.2) is 30.0 Å². The maximum Gasteiger partial charge on any atom is 0.268 e. The van der Waals surface area contributed by atoms with Gasteiger partial charge in [0.05, 0.1) is 4.70 Å². The van der Waals surface area contributed by atoms with Crippen molar-refractivity contribution in [2.45, 2.75) is 56.9 Å². The molecule has 1 aliphatic rings. The summed E-state index contributed by atoms with van der Waals surface area (Å²) in [6, 6.07) is 15.2. The van der Waals surface area contributed by atoms with Gasteiger partial charge >= 0.3 is 0 Å². The molecular weight excluding hydrogens is 370 g/mol. The lowest BCUT2D eigenvalue weighted by Crippen LogP contribution is -2.37. The number of H-pyrrole nitrogens is 1. The first kappa shape index (κ1) is 18.4. The Hall–Kier alpha value is -1.92. The third kappa shape index (κ3) is 4.33. The van der Waals surface area contributed by atoms with Crippen LogP contribution in [0.1, 0.15) is 36.2 Å². The van der Waals surface area contributed by atoms with Crippen molar-refractivity contribution in [3.63, 3.8) is 0 Å². The Morgan fingerprint density at radius 3 is 2.56 bits per heavy atom. The van der Waals surface area contributed by atoms with Crippen LogP contribution in [0.2, 0.25) is 25.2 Å². The number of aromatic amines is 1. The Bertz CT molecular complexity index is 888. The molecule has 3 aromatic rings. The van der Waals surface area contributed by atoms with Gasteiger partial charge in [0.1, 0.15) is 16.3 Å². The molecule has 2 aromatic heterocycles. The number of amides is 1. The second-order valence-electron chi connectivity index (χ2n) is 8.40. The number of aromatic nitrogens is 2. The van der Waals surface area contributed by atoms with Crippen LogP contribution >= 0.6 is 11.3 Å². The van der Waals surface area contributed by atoms with Gasteiger partial charge in [-0.05, 0) is 18.9 Å². The van der Waals surface area contributed by atoms with Gasteiger partial charge in [0.25, 0.3) is 5.91 Å². The van der Waals surface area contributed by atoms with E-state index in [4.69, 9.17) is 0 Å². The molecule has 4 rings (SSSR count). The van der Waals surface area contributed by atoms with Crippen molar-refractivity contribution in [1.82, 2.24) is 15.3 Å². The number of hydrogen-bond donors (Lipinski definition) is 2. The van der Waals surface area contributed by atoms with E-state index in [1.165, 1.54) is 24.9 Å². The average Bonchev–Trinajstić information content (AvgIpc) is 3.19. The molecule has 1 aliphatic heterocycles. The summed E-state index contributed by atoms with van der Waals surface area (Å²) < 4.78 is 1.03. The molecule has 1 fully saturated rings. The third-order valence-corrected chi connectivity index (χ3v) is 10.1. The summed E-state index contributed by atoms with van der Waals surface area (Å²) in [5, 5.41) is 4.23. The number of carbonyl (C=O) groups is 1. The van der Waals surface area contributed by atoms with Crippen LogP contribution in [0, 0.1) is 0 Å². The molecular formula is C21H27N3OSSi. The average molecular weight is 398 g/mol. The molecule has 0 unspecified atom stereocenters. The van der Waals surface area contributed by atoms with Crippen LogP contribution in [0.3, 0.4) is 0 Å². The van der Waals surface area contributed by atoms with E-state index in [9.17, 15) is 4.79 Å². The van der Waals surface area contributed by atoms with Gasteiger partial charge in [0.15, 0.2) is 0 Å². The normalized spacial score (nSPS) is 18.1. The van der Waals surface area contributed by atoms with Gasteiger partial charge in [0, 0.05) is 19.7 Å². The van der Waals surface area contributed by atoms with Gasteiger partial charge < -0.3 is 10.3 Å². The van der Waals surface area contributed by atoms with Crippen molar-refractivity contribution < 1.29 is 4.79 Å². The van der Waals surface area contributed by atoms with Crippen LogP contribution in [0.4, 0.5) is 0 Å². The van der Waals surface area contributed by atoms with E-state index in [1.54, 1.807) is 11.3 Å². The lowest BCUT2D eigenvalue weighted by atomic mass is 10.1. The monoisotopic (exact) mass is 397 g/mol. The van der Waals surface area contributed by atoms with Crippen molar-refractivity contribution in [1.29, 1.82) is 0 Å². The van der Waals surface area contributed by atoms with Crippen molar-refractivity contribution >= 4 is 35.7 Å². The molecule has 4 nitrogen and oxygen atoms in total. The smallest absolute Gasteiger partial charge is 0.268 e. The molecule has 3 heterocycles. The van der Waals surface area contributed by atoms with Crippen molar-refractivity contribution in [3.05, 3.63) is 42.1 Å². The molecule has 0 spiro atoms. The number of nitrogens with zero attached hydrogens (tertiary/aromatic N) is 1. The first-order valence-electron chi connectivity index (χ1n) is 9.86. The Balaban J connectivity index is 1.43. The highest BCUT2D eigenvalue weighted by atomic mass is 32.1. The molecule has 0 bridgehead atoms. The molecule has 0 radical (unpaired) electrons. The number of benzene rings is 1. The molecule has 0 saturated carbocycles. The zero-order valence-corrected chi connectivity index (χ0v) is 17.9. The molecule has 0 aliphatic carbocycles. The predicted octanol–water partition coefficient (Wildman–Crippen LogP) is 5.67. The fraction of sp³-hybridized carbons (Fsp3) is 0.429. The van der Waals surface area contributed by atoms with Crippen LogP contribution in [0.5, 0.6) is 0 Å². The van der Waals surface area contributed by atoms with Gasteiger partial charge in [-0.3, -0.25) is 4.79 Å². The van der Waals surface area contributed by atoms with Gasteiger partial charge in [-0.15, -0.1) is 11.3 Å². The quantitative estimate of drug-likeness (QED) is 0.559. The minimum Gasteiger partial charge on any atom is -0.348 e. The van der Waals surface area contributed by atoms with Crippen LogP contribution in [0.25, 0.3) is 20.9 Å². The first-order valence-corrected chi connectivity index (χ1v) is 14.1. The summed E-state index contributed by atoms with van der Waals surface area (Å²) in [6.07, 6.45) is 4.69. The van der Waals surface area contributed by atoms with E-state index >= 15 is 0 Å². The lowest BCUT2D eigenvalue weighted by Gasteiger charge is -2.28. The number of thiazole rings is 1. The van der Waals surface area contributed by atoms with Crippen LogP contribution in [0.15, 0.2) is 36.4 Å². The van der Waals surface area contributed by atoms with Crippen LogP contribution < -0.4 is 5.32 Å². The molecule has 27 heavy (non-hydrogen) atoms. The van der Waals surface area contributed by atoms with Crippen molar-refractivity contribution in [3.8, 4) is 10.6 Å². The fourth-order valence-corrected chi connectivity index (χ4v) is 7.51. The van der Waals surface area contributed by atoms with Gasteiger partial charge in [-0.25, -0.2) is 4.98 Å². The minimum absolute atomic E-state index is 0.00328. The summed E-state index contributed by atoms with van der Waals surface area (Å²) in [7, 11) is -0.979. The summed E-state index contributed by atoms with van der Waals surface area (Å²) in [4.78, 5) is 20.6. The van der Waals surface area contributed by atoms with Gasteiger partial charge in [-0.2, -0.15) is 0 Å². The fourth-order valence-electron chi connectivity index (χ4n) is 3.97. The molecule has 6 heteroatoms. The summed E-state index contributed by atoms with van der Waals surface area (Å²) in [5.41, 5.74) is 2.54. The maximum absolute atomic E-state index is 12.7. The van der Waals surface area contributed by atoms with E-state index in [0.717, 1.165) is 33.8 Å². The minimum atomic E-state index is -0.979. The Labute approximate surface area is 165 Å². The number of rotatable bonds is 3. The Morgan fingerprint density at radius 1 is 1.19 bits per heavy atom. The highest BCUT2D eigenvalue weighted by Crippen LogP contribution is 2.31. The number of hydrogen-bond acceptors (Lipinski definition) is 3. The van der Waals surface area contributed by atoms with E-state index in [0.29, 0.717) is 11.7 Å². The summed E-state index contributed by atoms with van der Waals surface area (Å²) in [6.45, 7) is 4.99. The maximum atomic E-state index is 12.7. The van der Waals surface area contributed by atoms with E-state index in [-0.39, 0.29) is 5.91 Å². The summed E-state index contributed by atoms with van der Waals surface area (Å²) >= 11 is 1.62. The van der Waals surface area contributed by atoms with E-state index in [2.05, 4.69) is 40.5 Å². The van der Waals surface area contributed by atoms with E-state index in [1.807, 2.05) is 24.3 Å². The van der Waals surface area contributed by atoms with Crippen LogP contribution in [-0.2, 0) is 0 Å². The Morgan fingerprint density at radius 2 is 1.89 bits per heavy atom. The molecule has 2 N–H and O–H groups in total. The third-order valence-electron chi connectivity index (χ3n) is 5.59. The number of fused-ring (bicyclic) bond motifs is 1. The topological polar surface area (TPSA) is 57.8 Å². The zero-order valence-electron chi connectivity index (χ0n) is 16.0. The second-order valence-corrected chi connectivity index (χ2v) is 14.8. The summed E-state index contributed by atoms with van der Waals surface area (Å²) in [5.74, 6) is 0.00328. The second kappa shape index (κ2) is 7.60. The van der Waals surface area contributed by atoms with Crippen molar-refractivity contribution in [2.75, 3.05) is 0 Å².